The third-order valence-electron chi connectivity index (χ3n) is 3.69. The summed E-state index contributed by atoms with van der Waals surface area (Å²) in [5.74, 6) is 0. The average Bonchev–Trinajstić information content (AvgIpc) is 2.47. The molecule has 1 heterocycles. The summed E-state index contributed by atoms with van der Waals surface area (Å²) < 4.78 is 1.03. The molecule has 3 rings (SSSR count). The van der Waals surface area contributed by atoms with Gasteiger partial charge in [-0.25, -0.2) is 0 Å². The lowest BCUT2D eigenvalue weighted by Gasteiger charge is -2.26. The van der Waals surface area contributed by atoms with Gasteiger partial charge in [0.25, 0.3) is 0 Å². The Kier molecular flexibility index (Phi) is 3.95. The summed E-state index contributed by atoms with van der Waals surface area (Å²) in [7, 11) is 0. The van der Waals surface area contributed by atoms with Crippen LogP contribution in [0.1, 0.15) is 35.7 Å². The Labute approximate surface area is 122 Å². The molecule has 1 aliphatic rings. The van der Waals surface area contributed by atoms with Crippen molar-refractivity contribution in [1.29, 1.82) is 0 Å². The Balaban J connectivity index is 1.69. The lowest BCUT2D eigenvalue weighted by molar-refractivity contribution is 0.456. The van der Waals surface area contributed by atoms with E-state index in [-0.39, 0.29) is 0 Å². The monoisotopic (exact) mass is 316 g/mol. The zero-order valence-corrected chi connectivity index (χ0v) is 12.4. The number of aryl methyl sites for hydroxylation is 1. The third-order valence-corrected chi connectivity index (χ3v) is 4.16. The molecule has 0 spiro atoms. The molecule has 3 heteroatoms. The van der Waals surface area contributed by atoms with Gasteiger partial charge in [-0.15, -0.1) is 0 Å². The molecule has 1 aromatic heterocycles. The molecule has 0 saturated carbocycles. The van der Waals surface area contributed by atoms with Crippen molar-refractivity contribution in [3.05, 3.63) is 63.9 Å². The minimum Gasteiger partial charge on any atom is -0.304 e. The smallest absolute Gasteiger partial charge is 0.0542 e. The van der Waals surface area contributed by atoms with Crippen LogP contribution in [0, 0.1) is 0 Å². The second-order valence-electron chi connectivity index (χ2n) is 4.99. The first kappa shape index (κ1) is 12.8. The summed E-state index contributed by atoms with van der Waals surface area (Å²) in [6, 6.07) is 13.3. The van der Waals surface area contributed by atoms with Crippen LogP contribution in [0.15, 0.2) is 47.1 Å². The molecule has 98 valence electrons. The van der Waals surface area contributed by atoms with Gasteiger partial charge >= 0.3 is 0 Å². The molecule has 1 aliphatic carbocycles. The van der Waals surface area contributed by atoms with Crippen LogP contribution in [-0.2, 0) is 13.0 Å². The van der Waals surface area contributed by atoms with Crippen LogP contribution >= 0.6 is 15.9 Å². The van der Waals surface area contributed by atoms with E-state index in [1.54, 1.807) is 0 Å². The number of benzene rings is 1. The molecule has 1 N–H and O–H groups in total. The first-order valence-corrected chi connectivity index (χ1v) is 7.54. The number of rotatable bonds is 3. The highest BCUT2D eigenvalue weighted by molar-refractivity contribution is 9.10. The highest BCUT2D eigenvalue weighted by atomic mass is 79.9. The van der Waals surface area contributed by atoms with Crippen LogP contribution in [0.25, 0.3) is 0 Å². The molecule has 2 nitrogen and oxygen atoms in total. The maximum absolute atomic E-state index is 4.41. The number of hydrogen-bond donors (Lipinski definition) is 1. The maximum atomic E-state index is 4.41. The second kappa shape index (κ2) is 5.85. The summed E-state index contributed by atoms with van der Waals surface area (Å²) in [5.41, 5.74) is 4.05. The van der Waals surface area contributed by atoms with Gasteiger partial charge < -0.3 is 5.32 Å². The third kappa shape index (κ3) is 3.04. The molecule has 1 unspecified atom stereocenters. The van der Waals surface area contributed by atoms with Crippen LogP contribution in [0.5, 0.6) is 0 Å². The molecule has 0 saturated heterocycles. The SMILES string of the molecule is Brc1ccc(CNC2CCCc3ccccc32)nc1. The molecule has 1 atom stereocenters. The van der Waals surface area contributed by atoms with Gasteiger partial charge in [0.15, 0.2) is 0 Å². The summed E-state index contributed by atoms with van der Waals surface area (Å²) in [4.78, 5) is 4.41. The van der Waals surface area contributed by atoms with E-state index >= 15 is 0 Å². The highest BCUT2D eigenvalue weighted by Gasteiger charge is 2.18. The molecule has 19 heavy (non-hydrogen) atoms. The Morgan fingerprint density at radius 3 is 2.95 bits per heavy atom. The van der Waals surface area contributed by atoms with Crippen molar-refractivity contribution >= 4 is 15.9 Å². The lowest BCUT2D eigenvalue weighted by Crippen LogP contribution is -2.25. The van der Waals surface area contributed by atoms with E-state index in [4.69, 9.17) is 0 Å². The summed E-state index contributed by atoms with van der Waals surface area (Å²) >= 11 is 3.41. The predicted octanol–water partition coefficient (Wildman–Crippen LogP) is 4.01. The number of hydrogen-bond acceptors (Lipinski definition) is 2. The first-order chi connectivity index (χ1) is 9.33. The van der Waals surface area contributed by atoms with E-state index in [1.165, 1.54) is 30.4 Å². The summed E-state index contributed by atoms with van der Waals surface area (Å²) in [6.45, 7) is 0.826. The normalized spacial score (nSPS) is 18.1. The quantitative estimate of drug-likeness (QED) is 0.925. The van der Waals surface area contributed by atoms with E-state index in [0.717, 1.165) is 16.7 Å². The Hall–Kier alpha value is -1.19. The Bertz CT molecular complexity index is 551. The Morgan fingerprint density at radius 1 is 1.21 bits per heavy atom. The van der Waals surface area contributed by atoms with Crippen molar-refractivity contribution in [2.24, 2.45) is 0 Å². The molecule has 2 aromatic rings. The van der Waals surface area contributed by atoms with E-state index in [0.29, 0.717) is 6.04 Å². The predicted molar refractivity (Wildman–Crippen MR) is 80.9 cm³/mol. The molecular formula is C16H17BrN2. The molecular weight excluding hydrogens is 300 g/mol. The zero-order chi connectivity index (χ0) is 13.1. The van der Waals surface area contributed by atoms with Gasteiger partial charge in [0.1, 0.15) is 0 Å². The Morgan fingerprint density at radius 2 is 2.11 bits per heavy atom. The van der Waals surface area contributed by atoms with Gasteiger partial charge in [-0.2, -0.15) is 0 Å². The van der Waals surface area contributed by atoms with Crippen LogP contribution in [0.3, 0.4) is 0 Å². The average molecular weight is 317 g/mol. The van der Waals surface area contributed by atoms with Gasteiger partial charge in [-0.1, -0.05) is 24.3 Å². The van der Waals surface area contributed by atoms with Crippen molar-refractivity contribution in [1.82, 2.24) is 10.3 Å². The summed E-state index contributed by atoms with van der Waals surface area (Å²) in [6.07, 6.45) is 5.55. The number of nitrogens with one attached hydrogen (secondary N) is 1. The fraction of sp³-hybridized carbons (Fsp3) is 0.312. The highest BCUT2D eigenvalue weighted by Crippen LogP contribution is 2.29. The molecule has 0 amide bonds. The molecule has 0 aliphatic heterocycles. The van der Waals surface area contributed by atoms with Gasteiger partial charge in [0, 0.05) is 23.3 Å². The van der Waals surface area contributed by atoms with Crippen LogP contribution < -0.4 is 5.32 Å². The standard InChI is InChI=1S/C16H17BrN2/c17-13-8-9-14(18-10-13)11-19-16-7-3-5-12-4-1-2-6-15(12)16/h1-2,4,6,8-10,16,19H,3,5,7,11H2. The van der Waals surface area contributed by atoms with Gasteiger partial charge in [0.2, 0.25) is 0 Å². The van der Waals surface area contributed by atoms with E-state index < -0.39 is 0 Å². The van der Waals surface area contributed by atoms with Crippen molar-refractivity contribution in [2.45, 2.75) is 31.8 Å². The molecule has 0 radical (unpaired) electrons. The molecule has 0 fully saturated rings. The topological polar surface area (TPSA) is 24.9 Å². The first-order valence-electron chi connectivity index (χ1n) is 6.74. The van der Waals surface area contributed by atoms with Crippen molar-refractivity contribution < 1.29 is 0 Å². The lowest BCUT2D eigenvalue weighted by atomic mass is 9.88. The van der Waals surface area contributed by atoms with E-state index in [9.17, 15) is 0 Å². The zero-order valence-electron chi connectivity index (χ0n) is 10.8. The molecule has 1 aromatic carbocycles. The summed E-state index contributed by atoms with van der Waals surface area (Å²) in [5, 5.41) is 3.64. The van der Waals surface area contributed by atoms with Gasteiger partial charge in [0.05, 0.1) is 5.69 Å². The largest absolute Gasteiger partial charge is 0.304 e. The van der Waals surface area contributed by atoms with E-state index in [2.05, 4.69) is 56.6 Å². The fourth-order valence-electron chi connectivity index (χ4n) is 2.70. The van der Waals surface area contributed by atoms with Crippen LogP contribution in [0.2, 0.25) is 0 Å². The molecule has 0 bridgehead atoms. The van der Waals surface area contributed by atoms with Crippen LogP contribution in [-0.4, -0.2) is 4.98 Å². The fourth-order valence-corrected chi connectivity index (χ4v) is 2.94. The number of aromatic nitrogens is 1. The van der Waals surface area contributed by atoms with Crippen molar-refractivity contribution in [3.63, 3.8) is 0 Å². The second-order valence-corrected chi connectivity index (χ2v) is 5.91. The number of halogens is 1. The van der Waals surface area contributed by atoms with E-state index in [1.807, 2.05) is 12.3 Å². The number of nitrogens with zero attached hydrogens (tertiary/aromatic N) is 1. The number of fused-ring (bicyclic) bond motifs is 1. The minimum atomic E-state index is 0.468. The minimum absolute atomic E-state index is 0.468. The van der Waals surface area contributed by atoms with Gasteiger partial charge in [-0.3, -0.25) is 4.98 Å². The van der Waals surface area contributed by atoms with Crippen LogP contribution in [0.4, 0.5) is 0 Å². The van der Waals surface area contributed by atoms with Gasteiger partial charge in [-0.05, 0) is 58.5 Å². The van der Waals surface area contributed by atoms with Crippen molar-refractivity contribution in [3.8, 4) is 0 Å². The maximum Gasteiger partial charge on any atom is 0.0542 e. The van der Waals surface area contributed by atoms with Crippen molar-refractivity contribution in [2.75, 3.05) is 0 Å². The number of pyridine rings is 1.